The Bertz CT molecular complexity index is 526. The minimum atomic E-state index is 0.545. The van der Waals surface area contributed by atoms with Crippen LogP contribution in [0, 0.1) is 0 Å². The molecule has 0 spiro atoms. The van der Waals surface area contributed by atoms with Gasteiger partial charge >= 0.3 is 0 Å². The molecule has 94 valence electrons. The number of benzene rings is 1. The van der Waals surface area contributed by atoms with Crippen molar-refractivity contribution in [1.29, 1.82) is 0 Å². The van der Waals surface area contributed by atoms with Crippen molar-refractivity contribution < 1.29 is 0 Å². The molecule has 1 aromatic heterocycles. The summed E-state index contributed by atoms with van der Waals surface area (Å²) in [7, 11) is 0. The van der Waals surface area contributed by atoms with Crippen LogP contribution in [0.3, 0.4) is 0 Å². The number of thioether (sulfide) groups is 1. The molecule has 7 heteroatoms. The summed E-state index contributed by atoms with van der Waals surface area (Å²) >= 11 is 7.51. The van der Waals surface area contributed by atoms with Crippen molar-refractivity contribution in [2.24, 2.45) is 5.84 Å². The van der Waals surface area contributed by atoms with Gasteiger partial charge in [0.15, 0.2) is 5.16 Å². The summed E-state index contributed by atoms with van der Waals surface area (Å²) in [5, 5.41) is 4.38. The fourth-order valence-electron chi connectivity index (χ4n) is 1.35. The van der Waals surface area contributed by atoms with Gasteiger partial charge in [0.05, 0.1) is 10.7 Å². The Balaban J connectivity index is 2.31. The van der Waals surface area contributed by atoms with Crippen molar-refractivity contribution in [2.75, 3.05) is 17.0 Å². The van der Waals surface area contributed by atoms with E-state index >= 15 is 0 Å². The smallest absolute Gasteiger partial charge is 0.191 e. The van der Waals surface area contributed by atoms with Gasteiger partial charge in [0, 0.05) is 6.07 Å². The first-order valence-electron chi connectivity index (χ1n) is 5.14. The summed E-state index contributed by atoms with van der Waals surface area (Å²) in [5.74, 6) is 6.54. The molecule has 0 aliphatic carbocycles. The highest BCUT2D eigenvalue weighted by Crippen LogP contribution is 2.25. The van der Waals surface area contributed by atoms with E-state index in [2.05, 4.69) is 20.7 Å². The molecule has 0 aliphatic heterocycles. The fourth-order valence-corrected chi connectivity index (χ4v) is 1.92. The number of hydrazine groups is 1. The molecule has 18 heavy (non-hydrogen) atoms. The van der Waals surface area contributed by atoms with Crippen LogP contribution in [0.5, 0.6) is 0 Å². The zero-order chi connectivity index (χ0) is 13.0. The van der Waals surface area contributed by atoms with Crippen LogP contribution in [0.2, 0.25) is 5.02 Å². The number of anilines is 3. The average molecular weight is 282 g/mol. The number of halogens is 1. The van der Waals surface area contributed by atoms with Crippen molar-refractivity contribution in [2.45, 2.75) is 5.16 Å². The molecule has 0 radical (unpaired) electrons. The highest BCUT2D eigenvalue weighted by Gasteiger charge is 2.05. The summed E-state index contributed by atoms with van der Waals surface area (Å²) in [6.07, 6.45) is 1.90. The molecule has 0 aliphatic rings. The molecule has 0 unspecified atom stereocenters. The lowest BCUT2D eigenvalue weighted by atomic mass is 10.3. The maximum absolute atomic E-state index is 6.07. The van der Waals surface area contributed by atoms with Crippen LogP contribution in [-0.2, 0) is 0 Å². The molecule has 4 N–H and O–H groups in total. The Morgan fingerprint density at radius 2 is 1.94 bits per heavy atom. The molecule has 0 fully saturated rings. The minimum absolute atomic E-state index is 0.545. The SMILES string of the molecule is CSc1nc(NN)cc(Nc2ccccc2Cl)n1. The van der Waals surface area contributed by atoms with Crippen molar-refractivity contribution in [1.82, 2.24) is 9.97 Å². The zero-order valence-corrected chi connectivity index (χ0v) is 11.2. The van der Waals surface area contributed by atoms with Crippen LogP contribution in [0.1, 0.15) is 0 Å². The normalized spacial score (nSPS) is 10.2. The molecule has 0 saturated carbocycles. The van der Waals surface area contributed by atoms with E-state index in [-0.39, 0.29) is 0 Å². The maximum atomic E-state index is 6.07. The summed E-state index contributed by atoms with van der Waals surface area (Å²) in [6, 6.07) is 9.16. The molecule has 5 nitrogen and oxygen atoms in total. The van der Waals surface area contributed by atoms with Crippen LogP contribution in [0.15, 0.2) is 35.5 Å². The Morgan fingerprint density at radius 1 is 1.22 bits per heavy atom. The third-order valence-corrected chi connectivity index (χ3v) is 3.05. The largest absolute Gasteiger partial charge is 0.339 e. The van der Waals surface area contributed by atoms with Crippen LogP contribution < -0.4 is 16.6 Å². The summed E-state index contributed by atoms with van der Waals surface area (Å²) in [4.78, 5) is 8.50. The average Bonchev–Trinajstić information content (AvgIpc) is 2.41. The van der Waals surface area contributed by atoms with Gasteiger partial charge in [-0.05, 0) is 18.4 Å². The van der Waals surface area contributed by atoms with E-state index in [9.17, 15) is 0 Å². The Morgan fingerprint density at radius 3 is 2.61 bits per heavy atom. The van der Waals surface area contributed by atoms with E-state index < -0.39 is 0 Å². The lowest BCUT2D eigenvalue weighted by Crippen LogP contribution is -2.10. The number of nitrogens with two attached hydrogens (primary N) is 1. The lowest BCUT2D eigenvalue weighted by molar-refractivity contribution is 0.971. The van der Waals surface area contributed by atoms with Crippen LogP contribution >= 0.6 is 23.4 Å². The quantitative estimate of drug-likeness (QED) is 0.346. The molecule has 0 atom stereocenters. The monoisotopic (exact) mass is 281 g/mol. The fraction of sp³-hybridized carbons (Fsp3) is 0.0909. The molecule has 2 aromatic rings. The predicted molar refractivity (Wildman–Crippen MR) is 76.4 cm³/mol. The second kappa shape index (κ2) is 5.90. The first-order chi connectivity index (χ1) is 8.72. The van der Waals surface area contributed by atoms with Gasteiger partial charge in [-0.2, -0.15) is 0 Å². The van der Waals surface area contributed by atoms with E-state index in [4.69, 9.17) is 17.4 Å². The number of nitrogens with zero attached hydrogens (tertiary/aromatic N) is 2. The molecule has 0 amide bonds. The van der Waals surface area contributed by atoms with E-state index in [1.807, 2.05) is 30.5 Å². The number of para-hydroxylation sites is 1. The number of hydrogen-bond acceptors (Lipinski definition) is 6. The van der Waals surface area contributed by atoms with E-state index in [1.165, 1.54) is 11.8 Å². The number of nitrogen functional groups attached to an aromatic ring is 1. The third kappa shape index (κ3) is 3.04. The van der Waals surface area contributed by atoms with Gasteiger partial charge in [0.1, 0.15) is 11.6 Å². The minimum Gasteiger partial charge on any atom is -0.339 e. The number of rotatable bonds is 4. The van der Waals surface area contributed by atoms with Gasteiger partial charge in [-0.1, -0.05) is 35.5 Å². The lowest BCUT2D eigenvalue weighted by Gasteiger charge is -2.09. The van der Waals surface area contributed by atoms with Gasteiger partial charge in [-0.3, -0.25) is 0 Å². The molecule has 2 rings (SSSR count). The third-order valence-electron chi connectivity index (χ3n) is 2.17. The Labute approximate surface area is 114 Å². The Hall–Kier alpha value is -1.50. The van der Waals surface area contributed by atoms with Crippen molar-refractivity contribution in [3.8, 4) is 0 Å². The van der Waals surface area contributed by atoms with Crippen LogP contribution in [-0.4, -0.2) is 16.2 Å². The maximum Gasteiger partial charge on any atom is 0.191 e. The molecule has 1 heterocycles. The van der Waals surface area contributed by atoms with Crippen molar-refractivity contribution in [3.63, 3.8) is 0 Å². The van der Waals surface area contributed by atoms with Gasteiger partial charge in [-0.25, -0.2) is 15.8 Å². The van der Waals surface area contributed by atoms with Gasteiger partial charge < -0.3 is 10.7 Å². The first kappa shape index (κ1) is 12.9. The number of aromatic nitrogens is 2. The predicted octanol–water partition coefficient (Wildman–Crippen LogP) is 2.88. The van der Waals surface area contributed by atoms with Crippen LogP contribution in [0.25, 0.3) is 0 Å². The van der Waals surface area contributed by atoms with Crippen molar-refractivity contribution >= 4 is 40.7 Å². The molecule has 0 bridgehead atoms. The summed E-state index contributed by atoms with van der Waals surface area (Å²) in [5.41, 5.74) is 3.29. The van der Waals surface area contributed by atoms with E-state index in [0.717, 1.165) is 5.69 Å². The van der Waals surface area contributed by atoms with Gasteiger partial charge in [0.2, 0.25) is 0 Å². The Kier molecular flexibility index (Phi) is 4.24. The second-order valence-electron chi connectivity index (χ2n) is 3.37. The highest BCUT2D eigenvalue weighted by molar-refractivity contribution is 7.98. The standard InChI is InChI=1S/C11H12ClN5S/c1-18-11-15-9(6-10(16-11)17-13)14-8-5-3-2-4-7(8)12/h2-6H,13H2,1H3,(H2,14,15,16,17). The second-order valence-corrected chi connectivity index (χ2v) is 4.55. The first-order valence-corrected chi connectivity index (χ1v) is 6.74. The van der Waals surface area contributed by atoms with Crippen LogP contribution in [0.4, 0.5) is 17.3 Å². The topological polar surface area (TPSA) is 75.9 Å². The molecule has 0 saturated heterocycles. The number of nitrogens with one attached hydrogen (secondary N) is 2. The van der Waals surface area contributed by atoms with E-state index in [0.29, 0.717) is 21.8 Å². The molecule has 1 aromatic carbocycles. The van der Waals surface area contributed by atoms with E-state index in [1.54, 1.807) is 6.07 Å². The zero-order valence-electron chi connectivity index (χ0n) is 9.64. The van der Waals surface area contributed by atoms with Gasteiger partial charge in [-0.15, -0.1) is 0 Å². The van der Waals surface area contributed by atoms with Gasteiger partial charge in [0.25, 0.3) is 0 Å². The molecular formula is C11H12ClN5S. The molecular weight excluding hydrogens is 270 g/mol. The summed E-state index contributed by atoms with van der Waals surface area (Å²) in [6.45, 7) is 0. The highest BCUT2D eigenvalue weighted by atomic mass is 35.5. The van der Waals surface area contributed by atoms with Crippen molar-refractivity contribution in [3.05, 3.63) is 35.4 Å². The number of hydrogen-bond donors (Lipinski definition) is 3. The summed E-state index contributed by atoms with van der Waals surface area (Å²) < 4.78 is 0.